The van der Waals surface area contributed by atoms with Gasteiger partial charge in [0, 0.05) is 37.0 Å². The van der Waals surface area contributed by atoms with Crippen LogP contribution in [0.2, 0.25) is 0 Å². The van der Waals surface area contributed by atoms with Crippen molar-refractivity contribution in [2.45, 2.75) is 39.2 Å². The zero-order valence-corrected chi connectivity index (χ0v) is 15.7. The van der Waals surface area contributed by atoms with E-state index in [2.05, 4.69) is 11.9 Å². The zero-order valence-electron chi connectivity index (χ0n) is 15.7. The van der Waals surface area contributed by atoms with Crippen molar-refractivity contribution < 1.29 is 18.7 Å². The fraction of sp³-hybridized carbons (Fsp3) is 0.500. The number of aryl methyl sites for hydroxylation is 1. The first kappa shape index (κ1) is 19.9. The molecule has 1 fully saturated rings. The van der Waals surface area contributed by atoms with Crippen molar-refractivity contribution in [1.82, 2.24) is 10.2 Å². The molecule has 0 aliphatic carbocycles. The molecule has 0 bridgehead atoms. The number of methoxy groups -OCH3 is 1. The minimum Gasteiger partial charge on any atom is -0.497 e. The number of nitrogens with zero attached hydrogens (tertiary/aromatic N) is 1. The lowest BCUT2D eigenvalue weighted by molar-refractivity contribution is -0.130. The second-order valence-electron chi connectivity index (χ2n) is 7.32. The Labute approximate surface area is 154 Å². The Hall–Kier alpha value is -2.37. The van der Waals surface area contributed by atoms with Crippen molar-refractivity contribution >= 4 is 11.8 Å². The van der Waals surface area contributed by atoms with Crippen LogP contribution >= 0.6 is 0 Å². The highest BCUT2D eigenvalue weighted by Crippen LogP contribution is 2.29. The van der Waals surface area contributed by atoms with E-state index in [1.165, 1.54) is 19.3 Å². The topological polar surface area (TPSA) is 58.6 Å². The average molecular weight is 362 g/mol. The SMILES string of the molecule is C=CC(=O)N1CCC(NC(=O)CCc2ccc(OC)cc2F)C(C)(C)C1. The highest BCUT2D eigenvalue weighted by atomic mass is 19.1. The number of rotatable bonds is 6. The van der Waals surface area contributed by atoms with Gasteiger partial charge in [-0.2, -0.15) is 0 Å². The van der Waals surface area contributed by atoms with Crippen molar-refractivity contribution in [2.75, 3.05) is 20.2 Å². The van der Waals surface area contributed by atoms with Crippen molar-refractivity contribution in [1.29, 1.82) is 0 Å². The molecular formula is C20H27FN2O3. The Kier molecular flexibility index (Phi) is 6.40. The number of halogens is 1. The minimum absolute atomic E-state index is 0.0235. The summed E-state index contributed by atoms with van der Waals surface area (Å²) in [4.78, 5) is 25.9. The number of carbonyl (C=O) groups excluding carboxylic acids is 2. The lowest BCUT2D eigenvalue weighted by Gasteiger charge is -2.44. The Bertz CT molecular complexity index is 688. The van der Waals surface area contributed by atoms with Gasteiger partial charge < -0.3 is 15.0 Å². The third-order valence-electron chi connectivity index (χ3n) is 4.93. The third kappa shape index (κ3) is 4.84. The van der Waals surface area contributed by atoms with Gasteiger partial charge in [-0.25, -0.2) is 4.39 Å². The van der Waals surface area contributed by atoms with Gasteiger partial charge in [0.15, 0.2) is 0 Å². The number of nitrogens with one attached hydrogen (secondary N) is 1. The van der Waals surface area contributed by atoms with E-state index >= 15 is 0 Å². The molecule has 6 heteroatoms. The lowest BCUT2D eigenvalue weighted by Crippen LogP contribution is -2.56. The summed E-state index contributed by atoms with van der Waals surface area (Å²) in [6, 6.07) is 4.63. The normalized spacial score (nSPS) is 18.9. The van der Waals surface area contributed by atoms with Gasteiger partial charge in [-0.05, 0) is 30.5 Å². The maximum atomic E-state index is 14.0. The molecule has 1 aromatic rings. The molecule has 5 nitrogen and oxygen atoms in total. The zero-order chi connectivity index (χ0) is 19.3. The molecule has 1 N–H and O–H groups in total. The second-order valence-corrected chi connectivity index (χ2v) is 7.32. The van der Waals surface area contributed by atoms with Crippen molar-refractivity contribution in [2.24, 2.45) is 5.41 Å². The highest BCUT2D eigenvalue weighted by Gasteiger charge is 2.37. The monoisotopic (exact) mass is 362 g/mol. The Morgan fingerprint density at radius 3 is 2.77 bits per heavy atom. The molecule has 1 aliphatic rings. The number of ether oxygens (including phenoxy) is 1. The van der Waals surface area contributed by atoms with Gasteiger partial charge in [0.25, 0.3) is 0 Å². The van der Waals surface area contributed by atoms with E-state index in [0.717, 1.165) is 0 Å². The summed E-state index contributed by atoms with van der Waals surface area (Å²) in [6.45, 7) is 8.74. The van der Waals surface area contributed by atoms with Crippen LogP contribution in [0.15, 0.2) is 30.9 Å². The van der Waals surface area contributed by atoms with Gasteiger partial charge >= 0.3 is 0 Å². The van der Waals surface area contributed by atoms with Crippen LogP contribution in [0.5, 0.6) is 5.75 Å². The molecule has 26 heavy (non-hydrogen) atoms. The predicted octanol–water partition coefficient (Wildman–Crippen LogP) is 2.70. The van der Waals surface area contributed by atoms with E-state index in [9.17, 15) is 14.0 Å². The molecule has 1 unspecified atom stereocenters. The number of likely N-dealkylation sites (tertiary alicyclic amines) is 1. The fourth-order valence-electron chi connectivity index (χ4n) is 3.31. The van der Waals surface area contributed by atoms with Gasteiger partial charge in [0.05, 0.1) is 7.11 Å². The predicted molar refractivity (Wildman–Crippen MR) is 98.4 cm³/mol. The maximum Gasteiger partial charge on any atom is 0.245 e. The molecule has 1 aliphatic heterocycles. The van der Waals surface area contributed by atoms with Crippen molar-refractivity contribution in [3.05, 3.63) is 42.2 Å². The van der Waals surface area contributed by atoms with Crippen LogP contribution in [-0.2, 0) is 16.0 Å². The lowest BCUT2D eigenvalue weighted by atomic mass is 9.79. The van der Waals surface area contributed by atoms with Gasteiger partial charge in [-0.15, -0.1) is 0 Å². The first-order valence-corrected chi connectivity index (χ1v) is 8.80. The van der Waals surface area contributed by atoms with Crippen LogP contribution in [0.25, 0.3) is 0 Å². The highest BCUT2D eigenvalue weighted by molar-refractivity contribution is 5.87. The molecule has 142 valence electrons. The van der Waals surface area contributed by atoms with Gasteiger partial charge in [0.1, 0.15) is 11.6 Å². The largest absolute Gasteiger partial charge is 0.497 e. The molecule has 0 radical (unpaired) electrons. The molecule has 0 aromatic heterocycles. The minimum atomic E-state index is -0.367. The van der Waals surface area contributed by atoms with Gasteiger partial charge in [0.2, 0.25) is 11.8 Å². The first-order valence-electron chi connectivity index (χ1n) is 8.80. The summed E-state index contributed by atoms with van der Waals surface area (Å²) < 4.78 is 18.9. The van der Waals surface area contributed by atoms with Gasteiger partial charge in [-0.1, -0.05) is 26.5 Å². The molecular weight excluding hydrogens is 335 g/mol. The Morgan fingerprint density at radius 1 is 1.46 bits per heavy atom. The maximum absolute atomic E-state index is 14.0. The molecule has 1 heterocycles. The van der Waals surface area contributed by atoms with E-state index in [-0.39, 0.29) is 35.5 Å². The van der Waals surface area contributed by atoms with E-state index < -0.39 is 0 Å². The van der Waals surface area contributed by atoms with Crippen molar-refractivity contribution in [3.8, 4) is 5.75 Å². The Balaban J connectivity index is 1.89. The summed E-state index contributed by atoms with van der Waals surface area (Å²) in [5, 5.41) is 3.05. The third-order valence-corrected chi connectivity index (χ3v) is 4.93. The summed E-state index contributed by atoms with van der Waals surface area (Å²) in [7, 11) is 1.48. The van der Waals surface area contributed by atoms with E-state index in [4.69, 9.17) is 4.74 Å². The molecule has 2 amide bonds. The molecule has 1 saturated heterocycles. The van der Waals surface area contributed by atoms with Gasteiger partial charge in [-0.3, -0.25) is 9.59 Å². The van der Waals surface area contributed by atoms with Crippen LogP contribution in [0.3, 0.4) is 0 Å². The fourth-order valence-corrected chi connectivity index (χ4v) is 3.31. The molecule has 0 saturated carbocycles. The number of amides is 2. The Morgan fingerprint density at radius 2 is 2.19 bits per heavy atom. The van der Waals surface area contributed by atoms with Crippen LogP contribution < -0.4 is 10.1 Å². The van der Waals surface area contributed by atoms with E-state index in [1.54, 1.807) is 17.0 Å². The molecule has 1 atom stereocenters. The standard InChI is InChI=1S/C20H27FN2O3/c1-5-19(25)23-11-10-17(20(2,3)13-23)22-18(24)9-7-14-6-8-15(26-4)12-16(14)21/h5-6,8,12,17H,1,7,9-11,13H2,2-4H3,(H,22,24). The van der Waals surface area contributed by atoms with E-state index in [0.29, 0.717) is 37.2 Å². The van der Waals surface area contributed by atoms with E-state index in [1.807, 2.05) is 13.8 Å². The quantitative estimate of drug-likeness (QED) is 0.792. The first-order chi connectivity index (χ1) is 12.3. The summed E-state index contributed by atoms with van der Waals surface area (Å²) in [5.74, 6) is -0.105. The number of hydrogen-bond acceptors (Lipinski definition) is 3. The summed E-state index contributed by atoms with van der Waals surface area (Å²) in [5.41, 5.74) is 0.254. The molecule has 2 rings (SSSR count). The van der Waals surface area contributed by atoms with Crippen LogP contribution in [0.1, 0.15) is 32.3 Å². The average Bonchev–Trinajstić information content (AvgIpc) is 2.61. The second kappa shape index (κ2) is 8.34. The number of carbonyl (C=O) groups is 2. The number of benzene rings is 1. The van der Waals surface area contributed by atoms with Crippen LogP contribution in [0.4, 0.5) is 4.39 Å². The van der Waals surface area contributed by atoms with Crippen LogP contribution in [0, 0.1) is 11.2 Å². The smallest absolute Gasteiger partial charge is 0.245 e. The molecule has 0 spiro atoms. The van der Waals surface area contributed by atoms with Crippen LogP contribution in [-0.4, -0.2) is 43.0 Å². The number of piperidine rings is 1. The number of hydrogen-bond donors (Lipinski definition) is 1. The molecule has 1 aromatic carbocycles. The summed E-state index contributed by atoms with van der Waals surface area (Å²) in [6.07, 6.45) is 2.55. The van der Waals surface area contributed by atoms with Crippen molar-refractivity contribution in [3.63, 3.8) is 0 Å². The summed E-state index contributed by atoms with van der Waals surface area (Å²) >= 11 is 0.